The molecule has 206 valence electrons. The minimum Gasteiger partial charge on any atom is -0.316 e. The van der Waals surface area contributed by atoms with Crippen LogP contribution in [0.4, 0.5) is 8.78 Å². The second kappa shape index (κ2) is 14.3. The van der Waals surface area contributed by atoms with E-state index in [4.69, 9.17) is 11.6 Å². The fourth-order valence-electron chi connectivity index (χ4n) is 4.58. The van der Waals surface area contributed by atoms with Crippen LogP contribution < -0.4 is 10.6 Å². The molecule has 3 rings (SSSR count). The second-order valence-corrected chi connectivity index (χ2v) is 10.2. The van der Waals surface area contributed by atoms with Gasteiger partial charge >= 0.3 is 0 Å². The summed E-state index contributed by atoms with van der Waals surface area (Å²) in [7, 11) is 1.91. The van der Waals surface area contributed by atoms with Gasteiger partial charge in [-0.25, -0.2) is 8.78 Å². The van der Waals surface area contributed by atoms with Gasteiger partial charge in [0, 0.05) is 58.7 Å². The zero-order chi connectivity index (χ0) is 28.5. The topological polar surface area (TPSA) is 37.0 Å². The van der Waals surface area contributed by atoms with Gasteiger partial charge in [-0.15, -0.1) is 6.58 Å². The molecule has 6 heteroatoms. The van der Waals surface area contributed by atoms with Gasteiger partial charge in [0.25, 0.3) is 0 Å². The Morgan fingerprint density at radius 2 is 1.79 bits per heavy atom. The molecule has 0 aliphatic heterocycles. The van der Waals surface area contributed by atoms with Gasteiger partial charge in [0.2, 0.25) is 0 Å². The summed E-state index contributed by atoms with van der Waals surface area (Å²) in [5.74, 6) is -0.904. The third-order valence-electron chi connectivity index (χ3n) is 6.73. The number of allylic oxidation sites excluding steroid dienone is 5. The van der Waals surface area contributed by atoms with E-state index in [-0.39, 0.29) is 17.3 Å². The van der Waals surface area contributed by atoms with Gasteiger partial charge in [-0.05, 0) is 59.2 Å². The van der Waals surface area contributed by atoms with Crippen molar-refractivity contribution >= 4 is 17.2 Å². The number of hydrogen-bond acceptors (Lipinski definition) is 3. The maximum atomic E-state index is 16.0. The lowest BCUT2D eigenvalue weighted by Crippen LogP contribution is -2.36. The van der Waals surface area contributed by atoms with E-state index in [1.807, 2.05) is 58.2 Å². The number of aromatic nitrogens is 1. The zero-order valence-electron chi connectivity index (χ0n) is 23.5. The molecule has 2 N–H and O–H groups in total. The van der Waals surface area contributed by atoms with Gasteiger partial charge in [-0.1, -0.05) is 65.7 Å². The number of pyridine rings is 1. The molecule has 0 amide bonds. The van der Waals surface area contributed by atoms with Crippen molar-refractivity contribution in [2.24, 2.45) is 0 Å². The molecule has 1 unspecified atom stereocenters. The van der Waals surface area contributed by atoms with Crippen molar-refractivity contribution in [2.45, 2.75) is 53.1 Å². The van der Waals surface area contributed by atoms with Crippen molar-refractivity contribution in [1.29, 1.82) is 0 Å². The monoisotopic (exact) mass is 549 g/mol. The van der Waals surface area contributed by atoms with Crippen LogP contribution in [0.2, 0.25) is 5.02 Å². The van der Waals surface area contributed by atoms with Gasteiger partial charge in [0.1, 0.15) is 11.6 Å². The molecule has 0 aliphatic carbocycles. The minimum absolute atomic E-state index is 0.228. The average molecular weight is 550 g/mol. The molecule has 0 spiro atoms. The van der Waals surface area contributed by atoms with E-state index in [0.29, 0.717) is 40.5 Å². The summed E-state index contributed by atoms with van der Waals surface area (Å²) in [5.41, 5.74) is 5.31. The van der Waals surface area contributed by atoms with Crippen molar-refractivity contribution in [3.63, 3.8) is 0 Å². The summed E-state index contributed by atoms with van der Waals surface area (Å²) in [6, 6.07) is 12.2. The molecular weight excluding hydrogens is 512 g/mol. The van der Waals surface area contributed by atoms with Crippen LogP contribution in [0.25, 0.3) is 28.0 Å². The minimum atomic E-state index is -0.489. The van der Waals surface area contributed by atoms with E-state index in [0.717, 1.165) is 29.6 Å². The molecule has 39 heavy (non-hydrogen) atoms. The smallest absolute Gasteiger partial charge is 0.140 e. The molecule has 1 atom stereocenters. The fraction of sp³-hybridized carbons (Fsp3) is 0.303. The highest BCUT2D eigenvalue weighted by atomic mass is 35.5. The van der Waals surface area contributed by atoms with Gasteiger partial charge in [-0.2, -0.15) is 0 Å². The Morgan fingerprint density at radius 3 is 2.44 bits per heavy atom. The van der Waals surface area contributed by atoms with Crippen LogP contribution >= 0.6 is 11.6 Å². The molecule has 0 radical (unpaired) electrons. The van der Waals surface area contributed by atoms with E-state index >= 15 is 8.78 Å². The van der Waals surface area contributed by atoms with E-state index in [1.165, 1.54) is 6.07 Å². The first-order chi connectivity index (χ1) is 18.7. The lowest BCUT2D eigenvalue weighted by atomic mass is 9.95. The first-order valence-corrected chi connectivity index (χ1v) is 13.6. The first-order valence-electron chi connectivity index (χ1n) is 13.3. The third-order valence-corrected chi connectivity index (χ3v) is 7.13. The van der Waals surface area contributed by atoms with Crippen molar-refractivity contribution < 1.29 is 8.78 Å². The largest absolute Gasteiger partial charge is 0.316 e. The molecule has 0 saturated carbocycles. The summed E-state index contributed by atoms with van der Waals surface area (Å²) in [5, 5.41) is 7.03. The lowest BCUT2D eigenvalue weighted by Gasteiger charge is -2.17. The highest BCUT2D eigenvalue weighted by Gasteiger charge is 2.19. The Bertz CT molecular complexity index is 1350. The van der Waals surface area contributed by atoms with Crippen molar-refractivity contribution in [3.8, 4) is 22.4 Å². The molecule has 1 heterocycles. The highest BCUT2D eigenvalue weighted by Crippen LogP contribution is 2.38. The number of likely N-dealkylation sites (N-methyl/N-ethyl adjacent to an activating group) is 1. The van der Waals surface area contributed by atoms with Crippen LogP contribution in [0.15, 0.2) is 72.8 Å². The number of nitrogens with zero attached hydrogens (tertiary/aromatic N) is 1. The molecule has 2 aromatic carbocycles. The van der Waals surface area contributed by atoms with Crippen molar-refractivity contribution in [3.05, 3.63) is 106 Å². The second-order valence-electron chi connectivity index (χ2n) is 9.84. The normalized spacial score (nSPS) is 12.4. The van der Waals surface area contributed by atoms with Crippen LogP contribution in [0.3, 0.4) is 0 Å². The average Bonchev–Trinajstić information content (AvgIpc) is 2.91. The van der Waals surface area contributed by atoms with E-state index in [9.17, 15) is 0 Å². The van der Waals surface area contributed by atoms with Crippen LogP contribution in [0.5, 0.6) is 0 Å². The Hall–Kier alpha value is -3.12. The first kappa shape index (κ1) is 30.4. The summed E-state index contributed by atoms with van der Waals surface area (Å²) in [6.45, 7) is 12.5. The Morgan fingerprint density at radius 1 is 1.10 bits per heavy atom. The van der Waals surface area contributed by atoms with Crippen LogP contribution in [-0.4, -0.2) is 24.6 Å². The maximum Gasteiger partial charge on any atom is 0.140 e. The summed E-state index contributed by atoms with van der Waals surface area (Å²) in [6.07, 6.45) is 7.77. The lowest BCUT2D eigenvalue weighted by molar-refractivity contribution is 0.476. The van der Waals surface area contributed by atoms with Gasteiger partial charge in [0.15, 0.2) is 0 Å². The van der Waals surface area contributed by atoms with Gasteiger partial charge in [-0.3, -0.25) is 4.98 Å². The van der Waals surface area contributed by atoms with Gasteiger partial charge in [0.05, 0.1) is 10.7 Å². The number of hydrogen-bond donors (Lipinski definition) is 2. The summed E-state index contributed by atoms with van der Waals surface area (Å²) >= 11 is 6.82. The number of nitrogens with one attached hydrogen (secondary N) is 2. The van der Waals surface area contributed by atoms with Crippen molar-refractivity contribution in [1.82, 2.24) is 15.6 Å². The predicted octanol–water partition coefficient (Wildman–Crippen LogP) is 8.67. The van der Waals surface area contributed by atoms with Crippen molar-refractivity contribution in [2.75, 3.05) is 13.6 Å². The molecule has 3 aromatic rings. The highest BCUT2D eigenvalue weighted by molar-refractivity contribution is 6.35. The maximum absolute atomic E-state index is 16.0. The zero-order valence-corrected chi connectivity index (χ0v) is 24.2. The Kier molecular flexibility index (Phi) is 11.2. The SMILES string of the molecule is C=CCCC(CNCc1c(F)cc(-c2cccc(-c3cccc(/C(C=C(C)C)=C/C)c3Cl)c2F)nc1C)NC. The summed E-state index contributed by atoms with van der Waals surface area (Å²) in [4.78, 5) is 4.58. The molecule has 0 fully saturated rings. The Balaban J connectivity index is 1.93. The van der Waals surface area contributed by atoms with Crippen LogP contribution in [0, 0.1) is 18.6 Å². The van der Waals surface area contributed by atoms with E-state index in [1.54, 1.807) is 31.2 Å². The van der Waals surface area contributed by atoms with E-state index in [2.05, 4.69) is 22.2 Å². The number of benzene rings is 2. The molecule has 3 nitrogen and oxygen atoms in total. The van der Waals surface area contributed by atoms with Crippen LogP contribution in [-0.2, 0) is 6.54 Å². The number of aryl methyl sites for hydroxylation is 1. The van der Waals surface area contributed by atoms with Crippen LogP contribution in [0.1, 0.15) is 50.4 Å². The molecule has 0 saturated heterocycles. The van der Waals surface area contributed by atoms with Gasteiger partial charge < -0.3 is 10.6 Å². The molecule has 0 bridgehead atoms. The Labute approximate surface area is 236 Å². The molecule has 0 aliphatic rings. The quantitative estimate of drug-likeness (QED) is 0.175. The molecular formula is C33H38ClF2N3. The number of rotatable bonds is 12. The predicted molar refractivity (Wildman–Crippen MR) is 162 cm³/mol. The molecule has 1 aromatic heterocycles. The fourth-order valence-corrected chi connectivity index (χ4v) is 4.91. The van der Waals surface area contributed by atoms with E-state index < -0.39 is 11.6 Å². The standard InChI is InChI=1S/C33H38ClF2N3/c1-7-9-12-24(37-6)19-38-20-29-22(5)39-31(18-30(29)35)28-16-11-15-27(33(28)36)26-14-10-13-25(32(26)34)23(8-2)17-21(3)4/h7-8,10-11,13-18,24,37-38H,1,9,12,19-20H2,2-6H3/b23-8+. The third kappa shape index (κ3) is 7.51. The summed E-state index contributed by atoms with van der Waals surface area (Å²) < 4.78 is 31.2. The number of halogens is 3.